The lowest BCUT2D eigenvalue weighted by molar-refractivity contribution is -0.134. The van der Waals surface area contributed by atoms with Crippen LogP contribution in [0.15, 0.2) is 30.3 Å². The largest absolute Gasteiger partial charge is 0.328 e. The van der Waals surface area contributed by atoms with Gasteiger partial charge in [0.25, 0.3) is 0 Å². The van der Waals surface area contributed by atoms with Crippen molar-refractivity contribution in [3.63, 3.8) is 0 Å². The van der Waals surface area contributed by atoms with Crippen LogP contribution in [0.25, 0.3) is 0 Å². The molecule has 0 saturated heterocycles. The first-order valence-corrected chi connectivity index (χ1v) is 7.92. The summed E-state index contributed by atoms with van der Waals surface area (Å²) in [6, 6.07) is 10.1. The molecule has 3 N–H and O–H groups in total. The summed E-state index contributed by atoms with van der Waals surface area (Å²) in [5, 5.41) is 0. The molecule has 0 heterocycles. The molecule has 0 aliphatic carbocycles. The normalized spacial score (nSPS) is 11.5. The van der Waals surface area contributed by atoms with Crippen LogP contribution in [-0.2, 0) is 16.2 Å². The number of hydrogen-bond acceptors (Lipinski definition) is 3. The van der Waals surface area contributed by atoms with E-state index in [2.05, 4.69) is 12.4 Å². The van der Waals surface area contributed by atoms with Gasteiger partial charge < -0.3 is 5.73 Å². The molecule has 0 aromatic heterocycles. The summed E-state index contributed by atoms with van der Waals surface area (Å²) in [4.78, 5) is 16.8. The van der Waals surface area contributed by atoms with E-state index in [0.29, 0.717) is 19.1 Å². The van der Waals surface area contributed by atoms with E-state index in [0.717, 1.165) is 44.1 Å². The molecule has 1 unspecified atom stereocenters. The van der Waals surface area contributed by atoms with Crippen LogP contribution in [-0.4, -0.2) is 11.9 Å². The van der Waals surface area contributed by atoms with Gasteiger partial charge in [-0.1, -0.05) is 56.5 Å². The molecular weight excluding hydrogens is 300 g/mol. The van der Waals surface area contributed by atoms with E-state index in [1.165, 1.54) is 0 Å². The Balaban J connectivity index is 0.00000441. The van der Waals surface area contributed by atoms with Crippen LogP contribution >= 0.6 is 12.4 Å². The third-order valence-corrected chi connectivity index (χ3v) is 3.52. The number of amides is 1. The predicted molar refractivity (Wildman–Crippen MR) is 92.6 cm³/mol. The van der Waals surface area contributed by atoms with Gasteiger partial charge in [-0.05, 0) is 24.8 Å². The molecule has 1 atom stereocenters. The van der Waals surface area contributed by atoms with Crippen molar-refractivity contribution in [1.82, 2.24) is 5.48 Å². The highest BCUT2D eigenvalue weighted by atomic mass is 35.5. The Morgan fingerprint density at radius 3 is 2.55 bits per heavy atom. The topological polar surface area (TPSA) is 64.4 Å². The number of carbonyl (C=O) groups excluding carboxylic acids is 1. The third kappa shape index (κ3) is 10.6. The Bertz CT molecular complexity index is 388. The van der Waals surface area contributed by atoms with Gasteiger partial charge >= 0.3 is 0 Å². The summed E-state index contributed by atoms with van der Waals surface area (Å²) in [5.74, 6) is -0.0452. The van der Waals surface area contributed by atoms with Gasteiger partial charge in [0.05, 0.1) is 6.61 Å². The van der Waals surface area contributed by atoms with Gasteiger partial charge in [0.1, 0.15) is 0 Å². The molecule has 1 aromatic rings. The molecule has 1 aromatic carbocycles. The van der Waals surface area contributed by atoms with Crippen molar-refractivity contribution < 1.29 is 9.63 Å². The molecule has 0 fully saturated rings. The lowest BCUT2D eigenvalue weighted by atomic mass is 10.1. The molecule has 4 nitrogen and oxygen atoms in total. The van der Waals surface area contributed by atoms with Crippen molar-refractivity contribution in [2.24, 2.45) is 5.73 Å². The summed E-state index contributed by atoms with van der Waals surface area (Å²) in [6.45, 7) is 2.52. The standard InChI is InChI=1S/C17H28N2O2.ClH/c1-2-16(18)12-8-3-4-9-13-17(20)19-21-14-15-10-6-5-7-11-15;/h5-7,10-11,16H,2-4,8-9,12-14,18H2,1H3,(H,19,20);1H. The van der Waals surface area contributed by atoms with E-state index in [1.807, 2.05) is 30.3 Å². The molecule has 0 radical (unpaired) electrons. The SMILES string of the molecule is CCC(N)CCCCCCC(=O)NOCc1ccccc1.Cl. The number of carbonyl (C=O) groups is 1. The minimum Gasteiger partial charge on any atom is -0.328 e. The van der Waals surface area contributed by atoms with Gasteiger partial charge in [0, 0.05) is 12.5 Å². The number of hydroxylamine groups is 1. The zero-order valence-electron chi connectivity index (χ0n) is 13.4. The molecule has 0 spiro atoms. The van der Waals surface area contributed by atoms with Crippen LogP contribution in [0.1, 0.15) is 57.4 Å². The minimum absolute atomic E-state index is 0. The Kier molecular flexibility index (Phi) is 12.9. The maximum Gasteiger partial charge on any atom is 0.243 e. The Hall–Kier alpha value is -1.10. The summed E-state index contributed by atoms with van der Waals surface area (Å²) in [5.41, 5.74) is 9.39. The van der Waals surface area contributed by atoms with Gasteiger partial charge in [0.15, 0.2) is 0 Å². The number of halogens is 1. The van der Waals surface area contributed by atoms with Gasteiger partial charge in [-0.25, -0.2) is 5.48 Å². The van der Waals surface area contributed by atoms with Crippen LogP contribution in [0.4, 0.5) is 0 Å². The first kappa shape index (κ1) is 20.9. The first-order chi connectivity index (χ1) is 10.2. The second-order valence-electron chi connectivity index (χ2n) is 5.42. The molecule has 1 rings (SSSR count). The van der Waals surface area contributed by atoms with Crippen LogP contribution in [0, 0.1) is 0 Å². The third-order valence-electron chi connectivity index (χ3n) is 3.52. The van der Waals surface area contributed by atoms with Crippen LogP contribution in [0.5, 0.6) is 0 Å². The Labute approximate surface area is 140 Å². The van der Waals surface area contributed by atoms with Crippen molar-refractivity contribution in [3.05, 3.63) is 35.9 Å². The monoisotopic (exact) mass is 328 g/mol. The molecule has 5 heteroatoms. The maximum absolute atomic E-state index is 11.6. The zero-order chi connectivity index (χ0) is 15.3. The van der Waals surface area contributed by atoms with Crippen LogP contribution in [0.2, 0.25) is 0 Å². The minimum atomic E-state index is -0.0452. The second kappa shape index (κ2) is 13.6. The van der Waals surface area contributed by atoms with E-state index >= 15 is 0 Å². The maximum atomic E-state index is 11.6. The number of rotatable bonds is 11. The van der Waals surface area contributed by atoms with Crippen LogP contribution in [0.3, 0.4) is 0 Å². The van der Waals surface area contributed by atoms with Crippen molar-refractivity contribution in [2.45, 2.75) is 64.5 Å². The van der Waals surface area contributed by atoms with Crippen molar-refractivity contribution >= 4 is 18.3 Å². The molecule has 1 amide bonds. The van der Waals surface area contributed by atoms with Gasteiger partial charge in [-0.2, -0.15) is 0 Å². The lowest BCUT2D eigenvalue weighted by Gasteiger charge is -2.08. The molecule has 0 aliphatic rings. The number of nitrogens with two attached hydrogens (primary N) is 1. The molecule has 126 valence electrons. The quantitative estimate of drug-likeness (QED) is 0.480. The van der Waals surface area contributed by atoms with Crippen molar-refractivity contribution in [1.29, 1.82) is 0 Å². The number of hydrogen-bond donors (Lipinski definition) is 2. The van der Waals surface area contributed by atoms with E-state index < -0.39 is 0 Å². The van der Waals surface area contributed by atoms with E-state index in [1.54, 1.807) is 0 Å². The first-order valence-electron chi connectivity index (χ1n) is 7.92. The molecule has 22 heavy (non-hydrogen) atoms. The molecule has 0 saturated carbocycles. The van der Waals surface area contributed by atoms with E-state index in [4.69, 9.17) is 10.6 Å². The Morgan fingerprint density at radius 2 is 1.86 bits per heavy atom. The molecule has 0 bridgehead atoms. The van der Waals surface area contributed by atoms with Gasteiger partial charge in [-0.3, -0.25) is 9.63 Å². The van der Waals surface area contributed by atoms with Crippen LogP contribution < -0.4 is 11.2 Å². The van der Waals surface area contributed by atoms with Gasteiger partial charge in [0.2, 0.25) is 5.91 Å². The summed E-state index contributed by atoms with van der Waals surface area (Å²) in [6.07, 6.45) is 6.93. The Morgan fingerprint density at radius 1 is 1.18 bits per heavy atom. The zero-order valence-corrected chi connectivity index (χ0v) is 14.2. The summed E-state index contributed by atoms with van der Waals surface area (Å²) in [7, 11) is 0. The van der Waals surface area contributed by atoms with E-state index in [-0.39, 0.29) is 18.3 Å². The highest BCUT2D eigenvalue weighted by Crippen LogP contribution is 2.08. The smallest absolute Gasteiger partial charge is 0.243 e. The average molecular weight is 329 g/mol. The van der Waals surface area contributed by atoms with E-state index in [9.17, 15) is 4.79 Å². The van der Waals surface area contributed by atoms with Gasteiger partial charge in [-0.15, -0.1) is 12.4 Å². The number of nitrogens with one attached hydrogen (secondary N) is 1. The highest BCUT2D eigenvalue weighted by Gasteiger charge is 2.02. The average Bonchev–Trinajstić information content (AvgIpc) is 2.51. The fourth-order valence-corrected chi connectivity index (χ4v) is 2.07. The summed E-state index contributed by atoms with van der Waals surface area (Å²) >= 11 is 0. The number of benzene rings is 1. The molecular formula is C17H29ClN2O2. The molecule has 0 aliphatic heterocycles. The van der Waals surface area contributed by atoms with Crippen molar-refractivity contribution in [2.75, 3.05) is 0 Å². The van der Waals surface area contributed by atoms with Crippen molar-refractivity contribution in [3.8, 4) is 0 Å². The lowest BCUT2D eigenvalue weighted by Crippen LogP contribution is -2.23. The fourth-order valence-electron chi connectivity index (χ4n) is 2.07. The fraction of sp³-hybridized carbons (Fsp3) is 0.588. The predicted octanol–water partition coefficient (Wildman–Crippen LogP) is 3.73. The number of unbranched alkanes of at least 4 members (excludes halogenated alkanes) is 3. The summed E-state index contributed by atoms with van der Waals surface area (Å²) < 4.78 is 0. The second-order valence-corrected chi connectivity index (χ2v) is 5.42. The highest BCUT2D eigenvalue weighted by molar-refractivity contribution is 5.85.